The minimum absolute atomic E-state index is 0.0879. The van der Waals surface area contributed by atoms with E-state index in [-0.39, 0.29) is 24.9 Å². The summed E-state index contributed by atoms with van der Waals surface area (Å²) in [6.07, 6.45) is 3.54. The maximum atomic E-state index is 12.5. The molecule has 0 radical (unpaired) electrons. The van der Waals surface area contributed by atoms with E-state index in [1.165, 1.54) is 10.6 Å². The van der Waals surface area contributed by atoms with Crippen molar-refractivity contribution >= 4 is 21.6 Å². The Kier molecular flexibility index (Phi) is 8.92. The molecule has 0 saturated carbocycles. The van der Waals surface area contributed by atoms with Crippen molar-refractivity contribution in [3.05, 3.63) is 59.2 Å². The number of carbonyl (C=O) groups is 1. The fourth-order valence-corrected chi connectivity index (χ4v) is 4.54. The summed E-state index contributed by atoms with van der Waals surface area (Å²) in [4.78, 5) is 12.5. The van der Waals surface area contributed by atoms with Gasteiger partial charge in [0.05, 0.1) is 25.1 Å². The van der Waals surface area contributed by atoms with Gasteiger partial charge in [-0.3, -0.25) is 9.10 Å². The SMILES string of the molecule is CCc1ccc(N(CCCC(=O)N[C@@H](CC)c2ccc(OC)c(C)c2)S(C)(=O)=O)cc1. The molecule has 0 aromatic heterocycles. The second-order valence-corrected chi connectivity index (χ2v) is 9.62. The number of benzene rings is 2. The Morgan fingerprint density at radius 2 is 1.81 bits per heavy atom. The zero-order valence-electron chi connectivity index (χ0n) is 19.1. The van der Waals surface area contributed by atoms with Gasteiger partial charge >= 0.3 is 0 Å². The average molecular weight is 447 g/mol. The number of ether oxygens (including phenoxy) is 1. The number of aryl methyl sites for hydroxylation is 2. The topological polar surface area (TPSA) is 75.7 Å². The van der Waals surface area contributed by atoms with Crippen LogP contribution in [0.4, 0.5) is 5.69 Å². The van der Waals surface area contributed by atoms with Gasteiger partial charge < -0.3 is 10.1 Å². The summed E-state index contributed by atoms with van der Waals surface area (Å²) < 4.78 is 31.2. The third-order valence-electron chi connectivity index (χ3n) is 5.36. The van der Waals surface area contributed by atoms with Crippen molar-refractivity contribution in [2.24, 2.45) is 0 Å². The number of anilines is 1. The van der Waals surface area contributed by atoms with Crippen molar-refractivity contribution in [2.75, 3.05) is 24.2 Å². The van der Waals surface area contributed by atoms with Gasteiger partial charge in [-0.15, -0.1) is 0 Å². The fourth-order valence-electron chi connectivity index (χ4n) is 3.57. The third-order valence-corrected chi connectivity index (χ3v) is 6.56. The number of hydrogen-bond acceptors (Lipinski definition) is 4. The summed E-state index contributed by atoms with van der Waals surface area (Å²) in [6.45, 7) is 6.31. The van der Waals surface area contributed by atoms with Gasteiger partial charge in [0.1, 0.15) is 5.75 Å². The molecule has 1 amide bonds. The Hall–Kier alpha value is -2.54. The summed E-state index contributed by atoms with van der Waals surface area (Å²) in [5.74, 6) is 0.730. The van der Waals surface area contributed by atoms with Crippen molar-refractivity contribution in [1.82, 2.24) is 5.32 Å². The van der Waals surface area contributed by atoms with Gasteiger partial charge in [0.25, 0.3) is 0 Å². The second-order valence-electron chi connectivity index (χ2n) is 7.72. The van der Waals surface area contributed by atoms with Crippen molar-refractivity contribution in [3.8, 4) is 5.75 Å². The normalized spacial score (nSPS) is 12.3. The monoisotopic (exact) mass is 446 g/mol. The molecular formula is C24H34N2O4S. The van der Waals surface area contributed by atoms with Gasteiger partial charge in [-0.1, -0.05) is 38.1 Å². The first-order valence-corrected chi connectivity index (χ1v) is 12.5. The molecule has 6 nitrogen and oxygen atoms in total. The van der Waals surface area contributed by atoms with Crippen LogP contribution in [0.25, 0.3) is 0 Å². The van der Waals surface area contributed by atoms with Crippen molar-refractivity contribution in [1.29, 1.82) is 0 Å². The Morgan fingerprint density at radius 1 is 1.13 bits per heavy atom. The molecule has 0 bridgehead atoms. The van der Waals surface area contributed by atoms with Gasteiger partial charge in [-0.25, -0.2) is 8.42 Å². The fraction of sp³-hybridized carbons (Fsp3) is 0.458. The number of sulfonamides is 1. The second kappa shape index (κ2) is 11.2. The first kappa shape index (κ1) is 24.7. The molecular weight excluding hydrogens is 412 g/mol. The largest absolute Gasteiger partial charge is 0.496 e. The van der Waals surface area contributed by atoms with E-state index in [4.69, 9.17) is 4.74 Å². The van der Waals surface area contributed by atoms with E-state index < -0.39 is 10.0 Å². The van der Waals surface area contributed by atoms with Crippen LogP contribution in [-0.2, 0) is 21.2 Å². The third kappa shape index (κ3) is 6.99. The quantitative estimate of drug-likeness (QED) is 0.556. The first-order valence-electron chi connectivity index (χ1n) is 10.7. The van der Waals surface area contributed by atoms with Crippen LogP contribution in [0.5, 0.6) is 5.75 Å². The number of nitrogens with zero attached hydrogens (tertiary/aromatic N) is 1. The van der Waals surface area contributed by atoms with Crippen LogP contribution in [0, 0.1) is 6.92 Å². The minimum Gasteiger partial charge on any atom is -0.496 e. The van der Waals surface area contributed by atoms with E-state index >= 15 is 0 Å². The average Bonchev–Trinajstić information content (AvgIpc) is 2.74. The van der Waals surface area contributed by atoms with Gasteiger partial charge in [-0.2, -0.15) is 0 Å². The maximum Gasteiger partial charge on any atom is 0.232 e. The van der Waals surface area contributed by atoms with Crippen LogP contribution in [-0.4, -0.2) is 34.2 Å². The maximum absolute atomic E-state index is 12.5. The molecule has 2 aromatic rings. The van der Waals surface area contributed by atoms with Gasteiger partial charge in [-0.05, 0) is 61.1 Å². The van der Waals surface area contributed by atoms with Crippen LogP contribution in [0.15, 0.2) is 42.5 Å². The number of carbonyl (C=O) groups excluding carboxylic acids is 1. The summed E-state index contributed by atoms with van der Waals surface area (Å²) in [5.41, 5.74) is 3.82. The number of amides is 1. The van der Waals surface area contributed by atoms with E-state index in [1.807, 2.05) is 56.3 Å². The Bertz CT molecular complexity index is 972. The molecule has 0 spiro atoms. The standard InChI is InChI=1S/C24H34N2O4S/c1-6-19-10-13-21(14-11-19)26(31(5,28)29)16-8-9-24(27)25-22(7-2)20-12-15-23(30-4)18(3)17-20/h10-15,17,22H,6-9,16H2,1-5H3,(H,25,27)/t22-/m0/s1. The highest BCUT2D eigenvalue weighted by molar-refractivity contribution is 7.92. The van der Waals surface area contributed by atoms with E-state index in [9.17, 15) is 13.2 Å². The smallest absolute Gasteiger partial charge is 0.232 e. The number of hydrogen-bond donors (Lipinski definition) is 1. The molecule has 7 heteroatoms. The highest BCUT2D eigenvalue weighted by atomic mass is 32.2. The van der Waals surface area contributed by atoms with Crippen molar-refractivity contribution in [2.45, 2.75) is 52.5 Å². The molecule has 0 fully saturated rings. The lowest BCUT2D eigenvalue weighted by Crippen LogP contribution is -2.33. The van der Waals surface area contributed by atoms with Crippen molar-refractivity contribution < 1.29 is 17.9 Å². The van der Waals surface area contributed by atoms with Gasteiger partial charge in [0.15, 0.2) is 0 Å². The van der Waals surface area contributed by atoms with E-state index in [2.05, 4.69) is 12.2 Å². The molecule has 0 aliphatic heterocycles. The van der Waals surface area contributed by atoms with Crippen LogP contribution >= 0.6 is 0 Å². The summed E-state index contributed by atoms with van der Waals surface area (Å²) in [7, 11) is -1.79. The van der Waals surface area contributed by atoms with Gasteiger partial charge in [0, 0.05) is 13.0 Å². The molecule has 0 heterocycles. The van der Waals surface area contributed by atoms with E-state index in [1.54, 1.807) is 7.11 Å². The minimum atomic E-state index is -3.43. The van der Waals surface area contributed by atoms with Crippen LogP contribution in [0.2, 0.25) is 0 Å². The lowest BCUT2D eigenvalue weighted by molar-refractivity contribution is -0.121. The first-order chi connectivity index (χ1) is 14.7. The Morgan fingerprint density at radius 3 is 2.32 bits per heavy atom. The zero-order chi connectivity index (χ0) is 23.0. The summed E-state index contributed by atoms with van der Waals surface area (Å²) >= 11 is 0. The van der Waals surface area contributed by atoms with E-state index in [0.29, 0.717) is 12.1 Å². The predicted octanol–water partition coefficient (Wildman–Crippen LogP) is 4.38. The molecule has 0 unspecified atom stereocenters. The van der Waals surface area contributed by atoms with Crippen molar-refractivity contribution in [3.63, 3.8) is 0 Å². The summed E-state index contributed by atoms with van der Waals surface area (Å²) in [6, 6.07) is 13.3. The molecule has 2 rings (SSSR count). The molecule has 0 saturated heterocycles. The van der Waals surface area contributed by atoms with Crippen LogP contribution < -0.4 is 14.4 Å². The summed E-state index contributed by atoms with van der Waals surface area (Å²) in [5, 5.41) is 3.07. The molecule has 0 aliphatic carbocycles. The highest BCUT2D eigenvalue weighted by Gasteiger charge is 2.19. The predicted molar refractivity (Wildman–Crippen MR) is 126 cm³/mol. The lowest BCUT2D eigenvalue weighted by Gasteiger charge is -2.23. The molecule has 1 atom stereocenters. The number of methoxy groups -OCH3 is 1. The van der Waals surface area contributed by atoms with E-state index in [0.717, 1.165) is 35.3 Å². The highest BCUT2D eigenvalue weighted by Crippen LogP contribution is 2.24. The molecule has 31 heavy (non-hydrogen) atoms. The van der Waals surface area contributed by atoms with Gasteiger partial charge in [0.2, 0.25) is 15.9 Å². The number of nitrogens with one attached hydrogen (secondary N) is 1. The lowest BCUT2D eigenvalue weighted by atomic mass is 10.0. The molecule has 170 valence electrons. The van der Waals surface area contributed by atoms with Crippen LogP contribution in [0.3, 0.4) is 0 Å². The zero-order valence-corrected chi connectivity index (χ0v) is 20.0. The van der Waals surface area contributed by atoms with Crippen LogP contribution in [0.1, 0.15) is 55.8 Å². The molecule has 0 aliphatic rings. The molecule has 2 aromatic carbocycles. The Balaban J connectivity index is 1.98. The Labute approximate surface area is 186 Å². The molecule has 1 N–H and O–H groups in total. The number of rotatable bonds is 11.